The maximum Gasteiger partial charge on any atom is 0.335 e. The zero-order chi connectivity index (χ0) is 23.4. The van der Waals surface area contributed by atoms with E-state index in [4.69, 9.17) is 9.47 Å². The second-order valence-corrected chi connectivity index (χ2v) is 7.48. The van der Waals surface area contributed by atoms with Gasteiger partial charge in [0, 0.05) is 0 Å². The number of nitrogens with one attached hydrogen (secondary N) is 1. The minimum atomic E-state index is -0.784. The topological polar surface area (TPSA) is 84.9 Å². The van der Waals surface area contributed by atoms with Gasteiger partial charge in [0.15, 0.2) is 11.5 Å². The summed E-state index contributed by atoms with van der Waals surface area (Å²) in [6, 6.07) is 20.9. The van der Waals surface area contributed by atoms with Gasteiger partial charge in [-0.05, 0) is 48.4 Å². The number of hydrogen-bond acceptors (Lipinski definition) is 5. The highest BCUT2D eigenvalue weighted by atomic mass is 16.5. The summed E-state index contributed by atoms with van der Waals surface area (Å²) >= 11 is 0. The second kappa shape index (κ2) is 9.40. The normalized spacial score (nSPS) is 14.9. The van der Waals surface area contributed by atoms with E-state index in [1.807, 2.05) is 37.3 Å². The predicted molar refractivity (Wildman–Crippen MR) is 124 cm³/mol. The SMILES string of the molecule is COc1cc(/C=C2\C(=O)NC(=O)N(c3ccc(C)cc3)C2=O)ccc1OCc1ccccc1. The number of ether oxygens (including phenoxy) is 2. The Bertz CT molecular complexity index is 1230. The summed E-state index contributed by atoms with van der Waals surface area (Å²) in [5.41, 5.74) is 2.77. The highest BCUT2D eigenvalue weighted by molar-refractivity contribution is 6.39. The summed E-state index contributed by atoms with van der Waals surface area (Å²) in [7, 11) is 1.51. The van der Waals surface area contributed by atoms with Gasteiger partial charge in [-0.1, -0.05) is 54.1 Å². The molecule has 0 atom stereocenters. The van der Waals surface area contributed by atoms with Gasteiger partial charge in [0.25, 0.3) is 11.8 Å². The Balaban J connectivity index is 1.60. The summed E-state index contributed by atoms with van der Waals surface area (Å²) in [5, 5.41) is 2.22. The summed E-state index contributed by atoms with van der Waals surface area (Å²) in [6.07, 6.45) is 1.43. The number of carbonyl (C=O) groups is 3. The number of barbiturate groups is 1. The van der Waals surface area contributed by atoms with Crippen molar-refractivity contribution >= 4 is 29.6 Å². The maximum absolute atomic E-state index is 13.0. The van der Waals surface area contributed by atoms with Crippen LogP contribution in [0.2, 0.25) is 0 Å². The Labute approximate surface area is 191 Å². The number of methoxy groups -OCH3 is 1. The molecule has 0 aromatic heterocycles. The zero-order valence-electron chi connectivity index (χ0n) is 18.2. The molecule has 166 valence electrons. The number of nitrogens with zero attached hydrogens (tertiary/aromatic N) is 1. The third-order valence-corrected chi connectivity index (χ3v) is 5.13. The molecule has 0 saturated carbocycles. The van der Waals surface area contributed by atoms with E-state index < -0.39 is 17.8 Å². The molecule has 0 unspecified atom stereocenters. The molecule has 0 bridgehead atoms. The Morgan fingerprint density at radius 3 is 2.33 bits per heavy atom. The van der Waals surface area contributed by atoms with Gasteiger partial charge in [-0.3, -0.25) is 14.9 Å². The van der Waals surface area contributed by atoms with E-state index in [2.05, 4.69) is 5.32 Å². The number of aryl methyl sites for hydroxylation is 1. The first-order valence-corrected chi connectivity index (χ1v) is 10.3. The maximum atomic E-state index is 13.0. The van der Waals surface area contributed by atoms with Gasteiger partial charge < -0.3 is 9.47 Å². The van der Waals surface area contributed by atoms with Crippen LogP contribution in [0.5, 0.6) is 11.5 Å². The minimum absolute atomic E-state index is 0.157. The molecule has 0 aliphatic carbocycles. The summed E-state index contributed by atoms with van der Waals surface area (Å²) in [4.78, 5) is 38.8. The highest BCUT2D eigenvalue weighted by Gasteiger charge is 2.36. The number of amides is 4. The number of carbonyl (C=O) groups excluding carboxylic acids is 3. The molecule has 7 heteroatoms. The quantitative estimate of drug-likeness (QED) is 0.456. The van der Waals surface area contributed by atoms with E-state index in [0.29, 0.717) is 29.4 Å². The van der Waals surface area contributed by atoms with Crippen molar-refractivity contribution in [2.45, 2.75) is 13.5 Å². The van der Waals surface area contributed by atoms with Crippen molar-refractivity contribution in [3.8, 4) is 11.5 Å². The monoisotopic (exact) mass is 442 g/mol. The molecule has 1 N–H and O–H groups in total. The average Bonchev–Trinajstić information content (AvgIpc) is 2.82. The molecule has 33 heavy (non-hydrogen) atoms. The number of hydrogen-bond donors (Lipinski definition) is 1. The average molecular weight is 442 g/mol. The first-order chi connectivity index (χ1) is 16.0. The molecule has 7 nitrogen and oxygen atoms in total. The fourth-order valence-electron chi connectivity index (χ4n) is 3.38. The van der Waals surface area contributed by atoms with E-state index in [-0.39, 0.29) is 5.57 Å². The van der Waals surface area contributed by atoms with Crippen LogP contribution in [0.1, 0.15) is 16.7 Å². The van der Waals surface area contributed by atoms with Crippen LogP contribution >= 0.6 is 0 Å². The lowest BCUT2D eigenvalue weighted by molar-refractivity contribution is -0.122. The molecule has 1 heterocycles. The predicted octanol–water partition coefficient (Wildman–Crippen LogP) is 4.25. The van der Waals surface area contributed by atoms with E-state index in [1.165, 1.54) is 13.2 Å². The van der Waals surface area contributed by atoms with E-state index in [0.717, 1.165) is 16.0 Å². The van der Waals surface area contributed by atoms with Gasteiger partial charge in [0.1, 0.15) is 12.2 Å². The van der Waals surface area contributed by atoms with Crippen LogP contribution < -0.4 is 19.7 Å². The Morgan fingerprint density at radius 1 is 0.909 bits per heavy atom. The van der Waals surface area contributed by atoms with Crippen molar-refractivity contribution in [3.05, 3.63) is 95.1 Å². The largest absolute Gasteiger partial charge is 0.493 e. The lowest BCUT2D eigenvalue weighted by Gasteiger charge is -2.26. The molecule has 1 fully saturated rings. The smallest absolute Gasteiger partial charge is 0.335 e. The third kappa shape index (κ3) is 4.77. The van der Waals surface area contributed by atoms with Crippen molar-refractivity contribution in [3.63, 3.8) is 0 Å². The van der Waals surface area contributed by atoms with E-state index in [1.54, 1.807) is 42.5 Å². The van der Waals surface area contributed by atoms with Crippen molar-refractivity contribution in [1.29, 1.82) is 0 Å². The summed E-state index contributed by atoms with van der Waals surface area (Å²) in [6.45, 7) is 2.27. The number of benzene rings is 3. The fourth-order valence-corrected chi connectivity index (χ4v) is 3.38. The summed E-state index contributed by atoms with van der Waals surface area (Å²) in [5.74, 6) is -0.470. The van der Waals surface area contributed by atoms with Crippen molar-refractivity contribution < 1.29 is 23.9 Å². The van der Waals surface area contributed by atoms with Gasteiger partial charge in [-0.25, -0.2) is 9.69 Å². The molecule has 0 radical (unpaired) electrons. The van der Waals surface area contributed by atoms with Crippen molar-refractivity contribution in [2.75, 3.05) is 12.0 Å². The number of urea groups is 1. The molecular formula is C26H22N2O5. The first kappa shape index (κ1) is 21.8. The first-order valence-electron chi connectivity index (χ1n) is 10.3. The molecule has 1 aliphatic rings. The van der Waals surface area contributed by atoms with Gasteiger partial charge in [0.05, 0.1) is 12.8 Å². The standard InChI is InChI=1S/C26H22N2O5/c1-17-8-11-20(12-9-17)28-25(30)21(24(29)27-26(28)31)14-19-10-13-22(23(15-19)32-2)33-16-18-6-4-3-5-7-18/h3-15H,16H2,1-2H3,(H,27,29,31)/b21-14+. The van der Waals surface area contributed by atoms with Crippen LogP contribution in [0.25, 0.3) is 6.08 Å². The second-order valence-electron chi connectivity index (χ2n) is 7.48. The lowest BCUT2D eigenvalue weighted by Crippen LogP contribution is -2.54. The Morgan fingerprint density at radius 2 is 1.64 bits per heavy atom. The Hall–Kier alpha value is -4.39. The van der Waals surface area contributed by atoms with Crippen molar-refractivity contribution in [2.24, 2.45) is 0 Å². The van der Waals surface area contributed by atoms with Gasteiger partial charge in [0.2, 0.25) is 0 Å². The lowest BCUT2D eigenvalue weighted by atomic mass is 10.1. The zero-order valence-corrected chi connectivity index (χ0v) is 18.2. The number of imide groups is 2. The third-order valence-electron chi connectivity index (χ3n) is 5.13. The van der Waals surface area contributed by atoms with Crippen LogP contribution in [0.4, 0.5) is 10.5 Å². The van der Waals surface area contributed by atoms with Crippen LogP contribution in [-0.2, 0) is 16.2 Å². The molecule has 3 aromatic rings. The molecular weight excluding hydrogens is 420 g/mol. The molecule has 3 aromatic carbocycles. The summed E-state index contributed by atoms with van der Waals surface area (Å²) < 4.78 is 11.3. The van der Waals surface area contributed by atoms with Crippen LogP contribution in [-0.4, -0.2) is 25.0 Å². The molecule has 0 spiro atoms. The fraction of sp³-hybridized carbons (Fsp3) is 0.115. The molecule has 4 amide bonds. The van der Waals surface area contributed by atoms with Gasteiger partial charge >= 0.3 is 6.03 Å². The highest BCUT2D eigenvalue weighted by Crippen LogP contribution is 2.30. The van der Waals surface area contributed by atoms with Crippen LogP contribution in [0.3, 0.4) is 0 Å². The number of rotatable bonds is 6. The van der Waals surface area contributed by atoms with Crippen LogP contribution in [0.15, 0.2) is 78.4 Å². The van der Waals surface area contributed by atoms with E-state index in [9.17, 15) is 14.4 Å². The molecule has 1 saturated heterocycles. The minimum Gasteiger partial charge on any atom is -0.493 e. The van der Waals surface area contributed by atoms with Crippen LogP contribution in [0, 0.1) is 6.92 Å². The molecule has 1 aliphatic heterocycles. The Kier molecular flexibility index (Phi) is 6.22. The van der Waals surface area contributed by atoms with Gasteiger partial charge in [-0.2, -0.15) is 0 Å². The van der Waals surface area contributed by atoms with Crippen molar-refractivity contribution in [1.82, 2.24) is 5.32 Å². The number of anilines is 1. The molecule has 4 rings (SSSR count). The van der Waals surface area contributed by atoms with E-state index >= 15 is 0 Å². The van der Waals surface area contributed by atoms with Gasteiger partial charge in [-0.15, -0.1) is 0 Å².